The van der Waals surface area contributed by atoms with Crippen LogP contribution in [0, 0.1) is 5.92 Å². The lowest BCUT2D eigenvalue weighted by Gasteiger charge is -2.32. The summed E-state index contributed by atoms with van der Waals surface area (Å²) in [5.41, 5.74) is 0.562. The highest BCUT2D eigenvalue weighted by atomic mass is 32.2. The van der Waals surface area contributed by atoms with Gasteiger partial charge >= 0.3 is 0 Å². The van der Waals surface area contributed by atoms with E-state index >= 15 is 0 Å². The Balaban J connectivity index is 1.89. The van der Waals surface area contributed by atoms with Crippen LogP contribution < -0.4 is 19.3 Å². The van der Waals surface area contributed by atoms with Gasteiger partial charge in [0, 0.05) is 25.2 Å². The maximum absolute atomic E-state index is 12.6. The number of hydrogen-bond acceptors (Lipinski definition) is 5. The van der Waals surface area contributed by atoms with Gasteiger partial charge in [0.2, 0.25) is 0 Å². The summed E-state index contributed by atoms with van der Waals surface area (Å²) < 4.78 is 34.4. The van der Waals surface area contributed by atoms with Gasteiger partial charge in [0.1, 0.15) is 0 Å². The van der Waals surface area contributed by atoms with Gasteiger partial charge < -0.3 is 14.4 Å². The molecule has 0 radical (unpaired) electrons. The molecule has 140 valence electrons. The van der Waals surface area contributed by atoms with E-state index in [0.29, 0.717) is 42.6 Å². The third-order valence-electron chi connectivity index (χ3n) is 4.39. The predicted molar refractivity (Wildman–Crippen MR) is 93.9 cm³/mol. The number of nitrogens with two attached hydrogens (primary N) is 1. The van der Waals surface area contributed by atoms with Gasteiger partial charge in [-0.05, 0) is 43.4 Å². The maximum Gasteiger partial charge on any atom is 0.274 e. The zero-order chi connectivity index (χ0) is 18.4. The number of amides is 1. The molecule has 0 bridgehead atoms. The molecular formula is C16H25N3O5S. The van der Waals surface area contributed by atoms with Crippen LogP contribution in [0.2, 0.25) is 0 Å². The largest absolute Gasteiger partial charge is 0.493 e. The molecule has 0 saturated carbocycles. The Morgan fingerprint density at radius 3 is 2.44 bits per heavy atom. The fourth-order valence-electron chi connectivity index (χ4n) is 2.98. The average Bonchev–Trinajstić information content (AvgIpc) is 2.60. The van der Waals surface area contributed by atoms with Crippen LogP contribution in [0.25, 0.3) is 0 Å². The molecule has 25 heavy (non-hydrogen) atoms. The molecule has 0 aliphatic carbocycles. The number of nitrogens with one attached hydrogen (secondary N) is 1. The van der Waals surface area contributed by atoms with Gasteiger partial charge in [-0.2, -0.15) is 8.42 Å². The molecule has 3 N–H and O–H groups in total. The molecule has 1 fully saturated rings. The lowest BCUT2D eigenvalue weighted by atomic mass is 9.93. The molecule has 0 atom stereocenters. The first-order chi connectivity index (χ1) is 11.8. The Kier molecular flexibility index (Phi) is 6.63. The number of ether oxygens (including phenoxy) is 2. The highest BCUT2D eigenvalue weighted by molar-refractivity contribution is 7.87. The summed E-state index contributed by atoms with van der Waals surface area (Å²) in [7, 11) is -0.549. The molecule has 2 rings (SSSR count). The quantitative estimate of drug-likeness (QED) is 0.734. The summed E-state index contributed by atoms with van der Waals surface area (Å²) in [4.78, 5) is 14.5. The van der Waals surface area contributed by atoms with E-state index in [2.05, 4.69) is 4.72 Å². The van der Waals surface area contributed by atoms with Crippen molar-refractivity contribution in [3.63, 3.8) is 0 Å². The lowest BCUT2D eigenvalue weighted by Crippen LogP contribution is -2.39. The molecular weight excluding hydrogens is 346 g/mol. The molecule has 1 saturated heterocycles. The average molecular weight is 371 g/mol. The Morgan fingerprint density at radius 1 is 1.24 bits per heavy atom. The third-order valence-corrected chi connectivity index (χ3v) is 4.99. The van der Waals surface area contributed by atoms with Crippen molar-refractivity contribution in [1.29, 1.82) is 0 Å². The first kappa shape index (κ1) is 19.5. The lowest BCUT2D eigenvalue weighted by molar-refractivity contribution is 0.0687. The van der Waals surface area contributed by atoms with Crippen LogP contribution in [0.4, 0.5) is 0 Å². The van der Waals surface area contributed by atoms with Gasteiger partial charge in [-0.3, -0.25) is 4.79 Å². The Hall–Kier alpha value is -1.84. The van der Waals surface area contributed by atoms with Gasteiger partial charge in [0.15, 0.2) is 11.5 Å². The molecule has 1 aromatic rings. The molecule has 0 unspecified atom stereocenters. The Morgan fingerprint density at radius 2 is 1.88 bits per heavy atom. The second kappa shape index (κ2) is 8.50. The van der Waals surface area contributed by atoms with Crippen LogP contribution in [0.15, 0.2) is 18.2 Å². The van der Waals surface area contributed by atoms with Crippen molar-refractivity contribution in [1.82, 2.24) is 9.62 Å². The fourth-order valence-corrected chi connectivity index (χ4v) is 3.38. The minimum atomic E-state index is -3.63. The maximum atomic E-state index is 12.6. The van der Waals surface area contributed by atoms with Crippen molar-refractivity contribution in [2.75, 3.05) is 33.9 Å². The molecule has 1 heterocycles. The number of hydrogen-bond donors (Lipinski definition) is 2. The predicted octanol–water partition coefficient (Wildman–Crippen LogP) is 0.739. The minimum absolute atomic E-state index is 0.0398. The number of carbonyl (C=O) groups is 1. The van der Waals surface area contributed by atoms with Gasteiger partial charge in [-0.1, -0.05) is 0 Å². The van der Waals surface area contributed by atoms with Crippen molar-refractivity contribution < 1.29 is 22.7 Å². The van der Waals surface area contributed by atoms with Crippen molar-refractivity contribution in [3.8, 4) is 11.5 Å². The molecule has 9 heteroatoms. The van der Waals surface area contributed by atoms with E-state index in [-0.39, 0.29) is 5.91 Å². The first-order valence-corrected chi connectivity index (χ1v) is 9.67. The van der Waals surface area contributed by atoms with Gasteiger partial charge in [0.25, 0.3) is 16.1 Å². The number of nitrogens with zero attached hydrogens (tertiary/aromatic N) is 1. The van der Waals surface area contributed by atoms with E-state index < -0.39 is 10.2 Å². The number of piperidine rings is 1. The Bertz CT molecular complexity index is 700. The summed E-state index contributed by atoms with van der Waals surface area (Å²) in [5.74, 6) is 1.45. The van der Waals surface area contributed by atoms with Crippen LogP contribution in [0.5, 0.6) is 11.5 Å². The summed E-state index contributed by atoms with van der Waals surface area (Å²) in [6.07, 6.45) is 2.39. The molecule has 1 aliphatic heterocycles. The molecule has 1 aliphatic rings. The van der Waals surface area contributed by atoms with Crippen molar-refractivity contribution in [2.45, 2.75) is 19.3 Å². The van der Waals surface area contributed by atoms with Crippen LogP contribution >= 0.6 is 0 Å². The highest BCUT2D eigenvalue weighted by Crippen LogP contribution is 2.29. The smallest absolute Gasteiger partial charge is 0.274 e. The highest BCUT2D eigenvalue weighted by Gasteiger charge is 2.24. The zero-order valence-electron chi connectivity index (χ0n) is 14.5. The summed E-state index contributed by atoms with van der Waals surface area (Å²) in [6, 6.07) is 5.13. The second-order valence-electron chi connectivity index (χ2n) is 6.03. The van der Waals surface area contributed by atoms with Gasteiger partial charge in [-0.15, -0.1) is 0 Å². The SMILES string of the molecule is COc1ccc(C(=O)N2CCC(CCNS(N)(=O)=O)CC2)cc1OC. The standard InChI is InChI=1S/C16H25N3O5S/c1-23-14-4-3-13(11-15(14)24-2)16(20)19-9-6-12(7-10-19)5-8-18-25(17,21)22/h3-4,11-12,18H,5-10H2,1-2H3,(H2,17,21,22). The zero-order valence-corrected chi connectivity index (χ0v) is 15.3. The summed E-state index contributed by atoms with van der Waals surface area (Å²) >= 11 is 0. The van der Waals surface area contributed by atoms with Crippen LogP contribution in [0.3, 0.4) is 0 Å². The molecule has 8 nitrogen and oxygen atoms in total. The Labute approximate surface area is 148 Å². The van der Waals surface area contributed by atoms with Gasteiger partial charge in [0.05, 0.1) is 14.2 Å². The van der Waals surface area contributed by atoms with Crippen LogP contribution in [-0.2, 0) is 10.2 Å². The van der Waals surface area contributed by atoms with Crippen molar-refractivity contribution in [3.05, 3.63) is 23.8 Å². The van der Waals surface area contributed by atoms with Crippen LogP contribution in [0.1, 0.15) is 29.6 Å². The van der Waals surface area contributed by atoms with E-state index in [9.17, 15) is 13.2 Å². The summed E-state index contributed by atoms with van der Waals surface area (Å²) in [6.45, 7) is 1.62. The van der Waals surface area contributed by atoms with E-state index in [0.717, 1.165) is 19.3 Å². The molecule has 1 aromatic carbocycles. The monoisotopic (exact) mass is 371 g/mol. The number of likely N-dealkylation sites (tertiary alicyclic amines) is 1. The van der Waals surface area contributed by atoms with E-state index in [4.69, 9.17) is 14.6 Å². The number of methoxy groups -OCH3 is 2. The number of rotatable bonds is 7. The second-order valence-corrected chi connectivity index (χ2v) is 7.41. The molecule has 0 spiro atoms. The number of benzene rings is 1. The minimum Gasteiger partial charge on any atom is -0.493 e. The van der Waals surface area contributed by atoms with E-state index in [1.165, 1.54) is 7.11 Å². The molecule has 1 amide bonds. The fraction of sp³-hybridized carbons (Fsp3) is 0.562. The van der Waals surface area contributed by atoms with Crippen molar-refractivity contribution >= 4 is 16.1 Å². The normalized spacial score (nSPS) is 15.9. The summed E-state index contributed by atoms with van der Waals surface area (Å²) in [5, 5.41) is 4.91. The topological polar surface area (TPSA) is 111 Å². The molecule has 0 aromatic heterocycles. The van der Waals surface area contributed by atoms with Crippen LogP contribution in [-0.4, -0.2) is 53.1 Å². The van der Waals surface area contributed by atoms with Crippen molar-refractivity contribution in [2.24, 2.45) is 11.1 Å². The van der Waals surface area contributed by atoms with E-state index in [1.54, 1.807) is 25.3 Å². The third kappa shape index (κ3) is 5.58. The number of carbonyl (C=O) groups excluding carboxylic acids is 1. The first-order valence-electron chi connectivity index (χ1n) is 8.12. The van der Waals surface area contributed by atoms with Gasteiger partial charge in [-0.25, -0.2) is 9.86 Å². The van der Waals surface area contributed by atoms with E-state index in [1.807, 2.05) is 4.90 Å².